The van der Waals surface area contributed by atoms with Crippen LogP contribution in [-0.2, 0) is 11.2 Å². The average Bonchev–Trinajstić information content (AvgIpc) is 2.91. The Bertz CT molecular complexity index is 606. The first-order chi connectivity index (χ1) is 10.7. The number of carbonyl (C=O) groups is 1. The molecule has 2 saturated carbocycles. The van der Waals surface area contributed by atoms with Gasteiger partial charge in [0.25, 0.3) is 0 Å². The molecule has 0 radical (unpaired) electrons. The third kappa shape index (κ3) is 1.82. The summed E-state index contributed by atoms with van der Waals surface area (Å²) in [4.78, 5) is 12.5. The van der Waals surface area contributed by atoms with Crippen molar-refractivity contribution in [1.82, 2.24) is 0 Å². The number of hydrogen-bond acceptors (Lipinski definition) is 2. The third-order valence-electron chi connectivity index (χ3n) is 7.01. The van der Waals surface area contributed by atoms with E-state index in [1.807, 2.05) is 0 Å². The van der Waals surface area contributed by atoms with Gasteiger partial charge in [0.05, 0.1) is 7.11 Å². The zero-order valence-electron chi connectivity index (χ0n) is 13.7. The summed E-state index contributed by atoms with van der Waals surface area (Å²) in [5, 5.41) is 0. The lowest BCUT2D eigenvalue weighted by atomic mass is 9.54. The molecule has 0 aromatic heterocycles. The Labute approximate surface area is 133 Å². The highest BCUT2D eigenvalue weighted by molar-refractivity contribution is 5.87. The van der Waals surface area contributed by atoms with Crippen LogP contribution in [-0.4, -0.2) is 12.9 Å². The first-order valence-electron chi connectivity index (χ1n) is 8.89. The summed E-state index contributed by atoms with van der Waals surface area (Å²) >= 11 is 0. The first kappa shape index (κ1) is 14.3. The molecule has 1 aromatic carbocycles. The second kappa shape index (κ2) is 5.11. The van der Waals surface area contributed by atoms with Crippen LogP contribution in [0, 0.1) is 17.3 Å². The maximum atomic E-state index is 12.5. The van der Waals surface area contributed by atoms with Crippen molar-refractivity contribution in [2.24, 2.45) is 17.3 Å². The molecule has 0 amide bonds. The molecule has 1 aromatic rings. The van der Waals surface area contributed by atoms with E-state index in [-0.39, 0.29) is 5.41 Å². The molecule has 0 saturated heterocycles. The smallest absolute Gasteiger partial charge is 0.139 e. The van der Waals surface area contributed by atoms with E-state index in [1.54, 1.807) is 12.7 Å². The van der Waals surface area contributed by atoms with Gasteiger partial charge in [-0.25, -0.2) is 0 Å². The number of hydrogen-bond donors (Lipinski definition) is 0. The van der Waals surface area contributed by atoms with Crippen LogP contribution in [0.4, 0.5) is 0 Å². The van der Waals surface area contributed by atoms with Crippen LogP contribution < -0.4 is 4.74 Å². The largest absolute Gasteiger partial charge is 0.497 e. The number of ketones is 1. The predicted octanol–water partition coefficient (Wildman–Crippen LogP) is 4.51. The van der Waals surface area contributed by atoms with Crippen LogP contribution in [0.1, 0.15) is 62.5 Å². The fourth-order valence-electron chi connectivity index (χ4n) is 5.91. The standard InChI is InChI=1S/C20H26O2/c1-3-20-11-10-16-15-7-5-14(22-2)12-13(15)4-6-17(16)18(20)8-9-19(20)21/h5,7,12,16-18H,3-4,6,8-11H2,1-2H3. The van der Waals surface area contributed by atoms with Crippen molar-refractivity contribution >= 4 is 5.78 Å². The molecule has 3 aliphatic carbocycles. The molecule has 118 valence electrons. The van der Waals surface area contributed by atoms with Crippen LogP contribution in [0.15, 0.2) is 18.2 Å². The number of Topliss-reactive ketones (excluding diaryl/α,β-unsaturated/α-hetero) is 1. The number of fused-ring (bicyclic) bond motifs is 5. The lowest BCUT2D eigenvalue weighted by molar-refractivity contribution is -0.131. The Morgan fingerprint density at radius 1 is 1.23 bits per heavy atom. The zero-order valence-corrected chi connectivity index (χ0v) is 13.7. The van der Waals surface area contributed by atoms with E-state index in [1.165, 1.54) is 18.4 Å². The van der Waals surface area contributed by atoms with E-state index in [0.29, 0.717) is 17.6 Å². The van der Waals surface area contributed by atoms with Crippen molar-refractivity contribution in [3.63, 3.8) is 0 Å². The average molecular weight is 298 g/mol. The summed E-state index contributed by atoms with van der Waals surface area (Å²) in [6, 6.07) is 6.64. The van der Waals surface area contributed by atoms with Gasteiger partial charge in [-0.3, -0.25) is 4.79 Å². The van der Waals surface area contributed by atoms with E-state index in [9.17, 15) is 4.79 Å². The Hall–Kier alpha value is -1.31. The topological polar surface area (TPSA) is 26.3 Å². The molecule has 4 atom stereocenters. The van der Waals surface area contributed by atoms with Gasteiger partial charge in [-0.05, 0) is 79.5 Å². The Balaban J connectivity index is 1.70. The van der Waals surface area contributed by atoms with Gasteiger partial charge in [0.2, 0.25) is 0 Å². The maximum absolute atomic E-state index is 12.5. The number of ether oxygens (including phenoxy) is 1. The van der Waals surface area contributed by atoms with Crippen molar-refractivity contribution in [2.75, 3.05) is 7.11 Å². The minimum absolute atomic E-state index is 0.0329. The van der Waals surface area contributed by atoms with Gasteiger partial charge in [-0.1, -0.05) is 13.0 Å². The third-order valence-corrected chi connectivity index (χ3v) is 7.01. The van der Waals surface area contributed by atoms with Crippen molar-refractivity contribution in [3.8, 4) is 5.75 Å². The first-order valence-corrected chi connectivity index (χ1v) is 8.89. The molecule has 3 aliphatic rings. The summed E-state index contributed by atoms with van der Waals surface area (Å²) in [6.07, 6.45) is 7.73. The van der Waals surface area contributed by atoms with Crippen molar-refractivity contribution < 1.29 is 9.53 Å². The minimum Gasteiger partial charge on any atom is -0.497 e. The van der Waals surface area contributed by atoms with Crippen LogP contribution in [0.5, 0.6) is 5.75 Å². The minimum atomic E-state index is 0.0329. The Kier molecular flexibility index (Phi) is 3.32. The Morgan fingerprint density at radius 2 is 2.09 bits per heavy atom. The second-order valence-corrected chi connectivity index (χ2v) is 7.49. The molecule has 0 N–H and O–H groups in total. The predicted molar refractivity (Wildman–Crippen MR) is 87.2 cm³/mol. The highest BCUT2D eigenvalue weighted by Gasteiger charge is 2.56. The maximum Gasteiger partial charge on any atom is 0.139 e. The van der Waals surface area contributed by atoms with Crippen LogP contribution >= 0.6 is 0 Å². The summed E-state index contributed by atoms with van der Waals surface area (Å²) in [7, 11) is 1.74. The fraction of sp³-hybridized carbons (Fsp3) is 0.650. The zero-order chi connectivity index (χ0) is 15.3. The van der Waals surface area contributed by atoms with Crippen molar-refractivity contribution in [1.29, 1.82) is 0 Å². The molecular formula is C20H26O2. The quantitative estimate of drug-likeness (QED) is 0.803. The molecule has 4 rings (SSSR count). The van der Waals surface area contributed by atoms with Gasteiger partial charge in [0, 0.05) is 11.8 Å². The summed E-state index contributed by atoms with van der Waals surface area (Å²) in [6.45, 7) is 2.23. The highest BCUT2D eigenvalue weighted by atomic mass is 16.5. The fourth-order valence-corrected chi connectivity index (χ4v) is 5.91. The number of carbonyl (C=O) groups excluding carboxylic acids is 1. The SMILES string of the molecule is CCC12CCC3c4ccc(OC)cc4CCC3C1CCC2=O. The van der Waals surface area contributed by atoms with E-state index in [2.05, 4.69) is 25.1 Å². The lowest BCUT2D eigenvalue weighted by Gasteiger charge is -2.49. The number of benzene rings is 1. The molecule has 2 nitrogen and oxygen atoms in total. The molecule has 0 aliphatic heterocycles. The molecule has 2 fully saturated rings. The highest BCUT2D eigenvalue weighted by Crippen LogP contribution is 2.61. The summed E-state index contributed by atoms with van der Waals surface area (Å²) in [5.41, 5.74) is 3.06. The number of methoxy groups -OCH3 is 1. The molecule has 4 unspecified atom stereocenters. The second-order valence-electron chi connectivity index (χ2n) is 7.49. The molecule has 0 heterocycles. The van der Waals surface area contributed by atoms with E-state index in [0.717, 1.165) is 43.8 Å². The lowest BCUT2D eigenvalue weighted by Crippen LogP contribution is -2.44. The molecular weight excluding hydrogens is 272 g/mol. The van der Waals surface area contributed by atoms with Gasteiger partial charge < -0.3 is 4.74 Å². The van der Waals surface area contributed by atoms with Gasteiger partial charge in [-0.15, -0.1) is 0 Å². The normalized spacial score (nSPS) is 36.5. The van der Waals surface area contributed by atoms with Crippen LogP contribution in [0.25, 0.3) is 0 Å². The van der Waals surface area contributed by atoms with E-state index < -0.39 is 0 Å². The Morgan fingerprint density at radius 3 is 2.86 bits per heavy atom. The van der Waals surface area contributed by atoms with Gasteiger partial charge in [-0.2, -0.15) is 0 Å². The number of rotatable bonds is 2. The monoisotopic (exact) mass is 298 g/mol. The molecule has 22 heavy (non-hydrogen) atoms. The van der Waals surface area contributed by atoms with Gasteiger partial charge in [0.1, 0.15) is 11.5 Å². The van der Waals surface area contributed by atoms with Crippen molar-refractivity contribution in [3.05, 3.63) is 29.3 Å². The van der Waals surface area contributed by atoms with Gasteiger partial charge >= 0.3 is 0 Å². The molecule has 0 spiro atoms. The van der Waals surface area contributed by atoms with Gasteiger partial charge in [0.15, 0.2) is 0 Å². The summed E-state index contributed by atoms with van der Waals surface area (Å²) < 4.78 is 5.39. The van der Waals surface area contributed by atoms with Crippen LogP contribution in [0.2, 0.25) is 0 Å². The molecule has 2 heteroatoms. The van der Waals surface area contributed by atoms with E-state index in [4.69, 9.17) is 4.74 Å². The molecule has 0 bridgehead atoms. The van der Waals surface area contributed by atoms with E-state index >= 15 is 0 Å². The number of aryl methyl sites for hydroxylation is 1. The van der Waals surface area contributed by atoms with Crippen molar-refractivity contribution in [2.45, 2.75) is 57.8 Å². The van der Waals surface area contributed by atoms with Crippen LogP contribution in [0.3, 0.4) is 0 Å². The summed E-state index contributed by atoms with van der Waals surface area (Å²) in [5.74, 6) is 3.58.